The Balaban J connectivity index is 1.30. The number of hydrogen-bond donors (Lipinski definition) is 1. The average molecular weight is 465 g/mol. The van der Waals surface area contributed by atoms with Gasteiger partial charge in [-0.2, -0.15) is 0 Å². The first-order chi connectivity index (χ1) is 15.4. The minimum atomic E-state index is -0.0288. The Labute approximate surface area is 198 Å². The molecule has 3 nitrogen and oxygen atoms in total. The smallest absolute Gasteiger partial charge is 0.159 e. The lowest BCUT2D eigenvalue weighted by molar-refractivity contribution is -0.121. The Kier molecular flexibility index (Phi) is 4.80. The Hall–Kier alpha value is -2.07. The van der Waals surface area contributed by atoms with E-state index in [1.165, 1.54) is 22.2 Å². The maximum Gasteiger partial charge on any atom is 0.159 e. The monoisotopic (exact) mass is 464 g/mol. The molecule has 0 radical (unpaired) electrons. The van der Waals surface area contributed by atoms with Crippen LogP contribution < -0.4 is 0 Å². The van der Waals surface area contributed by atoms with Crippen molar-refractivity contribution in [2.24, 2.45) is 11.8 Å². The number of H-pyrrole nitrogens is 1. The summed E-state index contributed by atoms with van der Waals surface area (Å²) in [5.41, 5.74) is 5.92. The Morgan fingerprint density at radius 2 is 1.94 bits per heavy atom. The van der Waals surface area contributed by atoms with E-state index in [0.29, 0.717) is 28.3 Å². The molecule has 0 bridgehead atoms. The Bertz CT molecular complexity index is 1280. The molecule has 3 atom stereocenters. The number of aromatic amines is 1. The van der Waals surface area contributed by atoms with Gasteiger partial charge in [0.2, 0.25) is 0 Å². The number of rotatable bonds is 1. The van der Waals surface area contributed by atoms with E-state index in [2.05, 4.69) is 41.1 Å². The highest BCUT2D eigenvalue weighted by Gasteiger charge is 2.49. The minimum Gasteiger partial charge on any atom is -0.357 e. The van der Waals surface area contributed by atoms with Crippen molar-refractivity contribution in [3.05, 3.63) is 74.9 Å². The maximum atomic E-state index is 13.1. The second kappa shape index (κ2) is 7.48. The summed E-state index contributed by atoms with van der Waals surface area (Å²) >= 11 is 12.2. The molecule has 0 spiro atoms. The number of piperidine rings is 1. The molecule has 0 amide bonds. The number of nitrogens with zero attached hydrogens (tertiary/aromatic N) is 1. The number of carbonyl (C=O) groups excluding carboxylic acids is 1. The molecule has 2 aliphatic heterocycles. The maximum absolute atomic E-state index is 13.1. The van der Waals surface area contributed by atoms with E-state index in [1.807, 2.05) is 18.2 Å². The number of carbonyl (C=O) groups is 1. The van der Waals surface area contributed by atoms with Crippen molar-refractivity contribution < 1.29 is 4.79 Å². The topological polar surface area (TPSA) is 36.1 Å². The third-order valence-corrected chi connectivity index (χ3v) is 8.77. The fourth-order valence-electron chi connectivity index (χ4n) is 6.38. The number of halogens is 2. The predicted molar refractivity (Wildman–Crippen MR) is 131 cm³/mol. The van der Waals surface area contributed by atoms with Gasteiger partial charge >= 0.3 is 0 Å². The van der Waals surface area contributed by atoms with Gasteiger partial charge in [-0.05, 0) is 79.0 Å². The predicted octanol–water partition coefficient (Wildman–Crippen LogP) is 6.63. The van der Waals surface area contributed by atoms with Crippen LogP contribution in [0.5, 0.6) is 0 Å². The highest BCUT2D eigenvalue weighted by Crippen LogP contribution is 2.50. The van der Waals surface area contributed by atoms with E-state index in [9.17, 15) is 4.79 Å². The van der Waals surface area contributed by atoms with Gasteiger partial charge in [-0.25, -0.2) is 0 Å². The molecule has 1 N–H and O–H groups in total. The molecule has 164 valence electrons. The molecule has 1 aliphatic carbocycles. The van der Waals surface area contributed by atoms with Crippen LogP contribution in [0.15, 0.2) is 48.0 Å². The number of allylic oxidation sites excluding steroid dienone is 1. The van der Waals surface area contributed by atoms with Gasteiger partial charge in [-0.15, -0.1) is 0 Å². The van der Waals surface area contributed by atoms with Crippen molar-refractivity contribution in [3.63, 3.8) is 0 Å². The zero-order valence-electron chi connectivity index (χ0n) is 18.1. The van der Waals surface area contributed by atoms with Gasteiger partial charge in [-0.3, -0.25) is 9.69 Å². The number of fused-ring (bicyclic) bond motifs is 6. The highest BCUT2D eigenvalue weighted by atomic mass is 35.5. The Morgan fingerprint density at radius 1 is 1.09 bits per heavy atom. The van der Waals surface area contributed by atoms with E-state index in [0.717, 1.165) is 43.5 Å². The summed E-state index contributed by atoms with van der Waals surface area (Å²) in [6.45, 7) is 4.50. The highest BCUT2D eigenvalue weighted by molar-refractivity contribution is 6.42. The quantitative estimate of drug-likeness (QED) is 0.410. The molecule has 1 saturated heterocycles. The van der Waals surface area contributed by atoms with Crippen LogP contribution in [0.2, 0.25) is 10.0 Å². The molecule has 0 unspecified atom stereocenters. The first-order valence-corrected chi connectivity index (χ1v) is 12.2. The first kappa shape index (κ1) is 20.5. The van der Waals surface area contributed by atoms with Gasteiger partial charge in [0.25, 0.3) is 0 Å². The van der Waals surface area contributed by atoms with Crippen LogP contribution in [0.1, 0.15) is 43.0 Å². The molecule has 2 fully saturated rings. The molecule has 3 aromatic rings. The van der Waals surface area contributed by atoms with Crippen LogP contribution in [0.4, 0.5) is 0 Å². The molecule has 3 heterocycles. The van der Waals surface area contributed by atoms with Crippen molar-refractivity contribution in [1.82, 2.24) is 9.88 Å². The minimum absolute atomic E-state index is 0.0288. The second-order valence-corrected chi connectivity index (χ2v) is 10.7. The molecule has 1 saturated carbocycles. The second-order valence-electron chi connectivity index (χ2n) is 9.89. The molecule has 6 rings (SSSR count). The molecular formula is C27H26Cl2N2O. The van der Waals surface area contributed by atoms with Gasteiger partial charge in [-0.1, -0.05) is 47.5 Å². The summed E-state index contributed by atoms with van der Waals surface area (Å²) in [7, 11) is 0. The number of Topliss-reactive ketones (excluding diaryl/α,β-unsaturated/α-hetero) is 1. The summed E-state index contributed by atoms with van der Waals surface area (Å²) in [4.78, 5) is 19.5. The number of nitrogens with one attached hydrogen (secondary N) is 1. The van der Waals surface area contributed by atoms with Gasteiger partial charge in [0.15, 0.2) is 5.78 Å². The number of para-hydroxylation sites is 1. The first-order valence-electron chi connectivity index (χ1n) is 11.5. The van der Waals surface area contributed by atoms with Crippen molar-refractivity contribution in [1.29, 1.82) is 0 Å². The van der Waals surface area contributed by atoms with Crippen LogP contribution in [0, 0.1) is 11.8 Å². The van der Waals surface area contributed by atoms with Gasteiger partial charge in [0.1, 0.15) is 0 Å². The standard InChI is InChI=1S/C27H26Cl2N2O/c1-27-14-18-13-25(32)17(10-16-6-7-22(28)23(29)11-16)12-19(18)15-31(27)9-8-21-20-4-2-3-5-24(20)30-26(21)27/h2-7,10-11,18-19,30H,8-9,12-15H2,1H3/b17-10+/t18-,19-,27-/m0/s1. The summed E-state index contributed by atoms with van der Waals surface area (Å²) in [5, 5.41) is 2.42. The van der Waals surface area contributed by atoms with Crippen molar-refractivity contribution in [3.8, 4) is 0 Å². The third-order valence-electron chi connectivity index (χ3n) is 8.04. The summed E-state index contributed by atoms with van der Waals surface area (Å²) in [5.74, 6) is 1.22. The molecule has 3 aliphatic rings. The van der Waals surface area contributed by atoms with Crippen LogP contribution >= 0.6 is 23.2 Å². The Morgan fingerprint density at radius 3 is 2.78 bits per heavy atom. The van der Waals surface area contributed by atoms with E-state index in [1.54, 1.807) is 6.07 Å². The van der Waals surface area contributed by atoms with E-state index < -0.39 is 0 Å². The zero-order valence-corrected chi connectivity index (χ0v) is 19.6. The largest absolute Gasteiger partial charge is 0.357 e. The lowest BCUT2D eigenvalue weighted by Crippen LogP contribution is -2.57. The van der Waals surface area contributed by atoms with E-state index in [-0.39, 0.29) is 11.3 Å². The lowest BCUT2D eigenvalue weighted by Gasteiger charge is -2.54. The molecule has 2 aromatic carbocycles. The summed E-state index contributed by atoms with van der Waals surface area (Å²) < 4.78 is 0. The number of ketones is 1. The molecule has 32 heavy (non-hydrogen) atoms. The van der Waals surface area contributed by atoms with Crippen LogP contribution in [-0.4, -0.2) is 28.8 Å². The molecular weight excluding hydrogens is 439 g/mol. The lowest BCUT2D eigenvalue weighted by atomic mass is 9.65. The normalized spacial score (nSPS) is 29.1. The fourth-order valence-corrected chi connectivity index (χ4v) is 6.69. The molecule has 5 heteroatoms. The number of benzene rings is 2. The molecule has 1 aromatic heterocycles. The number of aromatic nitrogens is 1. The number of hydrogen-bond acceptors (Lipinski definition) is 2. The van der Waals surface area contributed by atoms with Gasteiger partial charge < -0.3 is 4.98 Å². The zero-order chi connectivity index (χ0) is 22.0. The van der Waals surface area contributed by atoms with Crippen molar-refractivity contribution in [2.45, 2.75) is 38.1 Å². The third kappa shape index (κ3) is 3.17. The van der Waals surface area contributed by atoms with E-state index in [4.69, 9.17) is 23.2 Å². The summed E-state index contributed by atoms with van der Waals surface area (Å²) in [6.07, 6.45) is 5.60. The van der Waals surface area contributed by atoms with Gasteiger partial charge in [0.05, 0.1) is 15.6 Å². The summed E-state index contributed by atoms with van der Waals surface area (Å²) in [6, 6.07) is 14.2. The van der Waals surface area contributed by atoms with Crippen LogP contribution in [-0.2, 0) is 16.8 Å². The SMILES string of the molecule is C[C@@]12C[C@@H]3CC(=O)/C(=C/c4ccc(Cl)c(Cl)c4)C[C@H]3CN1CCc1c2[nH]c2ccccc12. The van der Waals surface area contributed by atoms with Crippen molar-refractivity contribution >= 4 is 46.0 Å². The van der Waals surface area contributed by atoms with Crippen LogP contribution in [0.25, 0.3) is 17.0 Å². The average Bonchev–Trinajstić information content (AvgIpc) is 3.16. The van der Waals surface area contributed by atoms with Gasteiger partial charge in [0, 0.05) is 36.1 Å². The van der Waals surface area contributed by atoms with E-state index >= 15 is 0 Å². The van der Waals surface area contributed by atoms with Crippen LogP contribution in [0.3, 0.4) is 0 Å². The fraction of sp³-hybridized carbons (Fsp3) is 0.370. The van der Waals surface area contributed by atoms with Crippen molar-refractivity contribution in [2.75, 3.05) is 13.1 Å².